The fourth-order valence-electron chi connectivity index (χ4n) is 0.618. The van der Waals surface area contributed by atoms with Gasteiger partial charge in [-0.3, -0.25) is 0 Å². The summed E-state index contributed by atoms with van der Waals surface area (Å²) in [5.74, 6) is 0.819. The van der Waals surface area contributed by atoms with E-state index in [0.29, 0.717) is 0 Å². The Hall–Kier alpha value is -0.260. The molecule has 0 aromatic rings. The predicted octanol–water partition coefficient (Wildman–Crippen LogP) is 3.20. The summed E-state index contributed by atoms with van der Waals surface area (Å²) in [7, 11) is 0. The minimum absolute atomic E-state index is 0.819. The van der Waals surface area contributed by atoms with Gasteiger partial charge in [-0.2, -0.15) is 0 Å². The van der Waals surface area contributed by atoms with Crippen LogP contribution >= 0.6 is 0 Å². The standard InChI is InChI=1S/C9H17/c1-5-9(4)7-6-8(2)3/h5,8H,1,6-7H2,2-4H3. The van der Waals surface area contributed by atoms with E-state index in [-0.39, 0.29) is 0 Å². The molecule has 9 heavy (non-hydrogen) atoms. The fourth-order valence-corrected chi connectivity index (χ4v) is 0.618. The van der Waals surface area contributed by atoms with Gasteiger partial charge < -0.3 is 0 Å². The first-order valence-corrected chi connectivity index (χ1v) is 3.61. The third kappa shape index (κ3) is 5.61. The van der Waals surface area contributed by atoms with Crippen molar-refractivity contribution in [3.8, 4) is 0 Å². The summed E-state index contributed by atoms with van der Waals surface area (Å²) in [6, 6.07) is 0. The van der Waals surface area contributed by atoms with Crippen LogP contribution in [0.5, 0.6) is 0 Å². The Morgan fingerprint density at radius 2 is 2.11 bits per heavy atom. The van der Waals surface area contributed by atoms with Gasteiger partial charge in [0.25, 0.3) is 0 Å². The number of hydrogen-bond donors (Lipinski definition) is 0. The third-order valence-corrected chi connectivity index (χ3v) is 1.46. The Kier molecular flexibility index (Phi) is 4.47. The molecule has 0 bridgehead atoms. The summed E-state index contributed by atoms with van der Waals surface area (Å²) >= 11 is 0. The van der Waals surface area contributed by atoms with Crippen LogP contribution in [-0.2, 0) is 0 Å². The van der Waals surface area contributed by atoms with Gasteiger partial charge >= 0.3 is 0 Å². The lowest BCUT2D eigenvalue weighted by atomic mass is 10.0. The van der Waals surface area contributed by atoms with Gasteiger partial charge in [-0.05, 0) is 32.6 Å². The average Bonchev–Trinajstić information content (AvgIpc) is 1.83. The topological polar surface area (TPSA) is 0 Å². The fraction of sp³-hybridized carbons (Fsp3) is 0.667. The van der Waals surface area contributed by atoms with Crippen LogP contribution < -0.4 is 0 Å². The van der Waals surface area contributed by atoms with Crippen LogP contribution in [0.2, 0.25) is 0 Å². The second kappa shape index (κ2) is 4.60. The molecule has 0 aromatic heterocycles. The summed E-state index contributed by atoms with van der Waals surface area (Å²) < 4.78 is 0. The van der Waals surface area contributed by atoms with Crippen molar-refractivity contribution in [1.29, 1.82) is 0 Å². The van der Waals surface area contributed by atoms with Crippen molar-refractivity contribution >= 4 is 0 Å². The Morgan fingerprint density at radius 1 is 1.56 bits per heavy atom. The molecule has 0 saturated carbocycles. The molecule has 0 fully saturated rings. The zero-order valence-electron chi connectivity index (χ0n) is 6.78. The van der Waals surface area contributed by atoms with Gasteiger partial charge in [-0.15, -0.1) is 0 Å². The summed E-state index contributed by atoms with van der Waals surface area (Å²) in [6.45, 7) is 10.3. The SMILES string of the molecule is [CH2]C=C(C)CCC(C)C. The molecule has 0 nitrogen and oxygen atoms in total. The normalized spacial score (nSPS) is 12.8. The first kappa shape index (κ1) is 8.74. The van der Waals surface area contributed by atoms with E-state index >= 15 is 0 Å². The second-order valence-electron chi connectivity index (χ2n) is 2.98. The molecule has 0 heterocycles. The maximum absolute atomic E-state index is 3.70. The molecule has 0 saturated heterocycles. The monoisotopic (exact) mass is 125 g/mol. The molecule has 0 aromatic carbocycles. The summed E-state index contributed by atoms with van der Waals surface area (Å²) in [6.07, 6.45) is 4.45. The van der Waals surface area contributed by atoms with Gasteiger partial charge in [0.1, 0.15) is 0 Å². The molecule has 0 atom stereocenters. The largest absolute Gasteiger partial charge is 0.0853 e. The molecular weight excluding hydrogens is 108 g/mol. The zero-order chi connectivity index (χ0) is 7.28. The minimum Gasteiger partial charge on any atom is -0.0853 e. The molecule has 0 heteroatoms. The van der Waals surface area contributed by atoms with Gasteiger partial charge in [-0.25, -0.2) is 0 Å². The van der Waals surface area contributed by atoms with Crippen molar-refractivity contribution in [2.45, 2.75) is 33.6 Å². The van der Waals surface area contributed by atoms with Crippen molar-refractivity contribution in [3.63, 3.8) is 0 Å². The van der Waals surface area contributed by atoms with Crippen LogP contribution in [0.1, 0.15) is 33.6 Å². The smallest absolute Gasteiger partial charge is 0.0313 e. The molecule has 0 aliphatic rings. The summed E-state index contributed by atoms with van der Waals surface area (Å²) in [5, 5.41) is 0. The lowest BCUT2D eigenvalue weighted by Gasteiger charge is -2.02. The molecule has 0 spiro atoms. The first-order chi connectivity index (χ1) is 4.16. The van der Waals surface area contributed by atoms with Crippen LogP contribution in [0.25, 0.3) is 0 Å². The Balaban J connectivity index is 3.28. The van der Waals surface area contributed by atoms with E-state index in [2.05, 4.69) is 27.7 Å². The molecule has 1 radical (unpaired) electrons. The first-order valence-electron chi connectivity index (χ1n) is 3.61. The average molecular weight is 125 g/mol. The number of hydrogen-bond acceptors (Lipinski definition) is 0. The van der Waals surface area contributed by atoms with Gasteiger partial charge in [0.2, 0.25) is 0 Å². The van der Waals surface area contributed by atoms with E-state index in [1.807, 2.05) is 6.08 Å². The van der Waals surface area contributed by atoms with Gasteiger partial charge in [0.05, 0.1) is 0 Å². The molecule has 53 valence electrons. The molecule has 0 rings (SSSR count). The molecular formula is C9H17. The van der Waals surface area contributed by atoms with Crippen molar-refractivity contribution in [2.24, 2.45) is 5.92 Å². The van der Waals surface area contributed by atoms with E-state index in [4.69, 9.17) is 0 Å². The van der Waals surface area contributed by atoms with Crippen molar-refractivity contribution in [3.05, 3.63) is 18.6 Å². The quantitative estimate of drug-likeness (QED) is 0.543. The highest BCUT2D eigenvalue weighted by Gasteiger charge is 1.92. The van der Waals surface area contributed by atoms with Crippen molar-refractivity contribution in [2.75, 3.05) is 0 Å². The molecule has 0 amide bonds. The van der Waals surface area contributed by atoms with E-state index in [9.17, 15) is 0 Å². The van der Waals surface area contributed by atoms with Gasteiger partial charge in [0.15, 0.2) is 0 Å². The third-order valence-electron chi connectivity index (χ3n) is 1.46. The van der Waals surface area contributed by atoms with Crippen molar-refractivity contribution < 1.29 is 0 Å². The van der Waals surface area contributed by atoms with Crippen LogP contribution in [0.15, 0.2) is 11.6 Å². The van der Waals surface area contributed by atoms with Crippen LogP contribution in [0.4, 0.5) is 0 Å². The second-order valence-corrected chi connectivity index (χ2v) is 2.98. The van der Waals surface area contributed by atoms with Crippen molar-refractivity contribution in [1.82, 2.24) is 0 Å². The molecule has 0 aliphatic carbocycles. The summed E-state index contributed by atoms with van der Waals surface area (Å²) in [5.41, 5.74) is 1.41. The maximum atomic E-state index is 3.70. The number of allylic oxidation sites excluding steroid dienone is 2. The predicted molar refractivity (Wildman–Crippen MR) is 43.2 cm³/mol. The van der Waals surface area contributed by atoms with Gasteiger partial charge in [0, 0.05) is 0 Å². The number of rotatable bonds is 3. The maximum Gasteiger partial charge on any atom is -0.0313 e. The minimum atomic E-state index is 0.819. The highest BCUT2D eigenvalue weighted by Crippen LogP contribution is 2.09. The van der Waals surface area contributed by atoms with Crippen LogP contribution in [-0.4, -0.2) is 0 Å². The van der Waals surface area contributed by atoms with Crippen LogP contribution in [0.3, 0.4) is 0 Å². The Morgan fingerprint density at radius 3 is 2.44 bits per heavy atom. The lowest BCUT2D eigenvalue weighted by Crippen LogP contribution is -1.86. The highest BCUT2D eigenvalue weighted by molar-refractivity contribution is 4.99. The van der Waals surface area contributed by atoms with E-state index in [0.717, 1.165) is 5.92 Å². The Bertz CT molecular complexity index is 88.2. The molecule has 0 unspecified atom stereocenters. The lowest BCUT2D eigenvalue weighted by molar-refractivity contribution is 0.584. The highest BCUT2D eigenvalue weighted by atomic mass is 14.0. The molecule has 0 N–H and O–H groups in total. The van der Waals surface area contributed by atoms with E-state index < -0.39 is 0 Å². The zero-order valence-corrected chi connectivity index (χ0v) is 6.78. The summed E-state index contributed by atoms with van der Waals surface area (Å²) in [4.78, 5) is 0. The Labute approximate surface area is 59.0 Å². The van der Waals surface area contributed by atoms with E-state index in [1.54, 1.807) is 0 Å². The van der Waals surface area contributed by atoms with Gasteiger partial charge in [-0.1, -0.05) is 25.5 Å². The van der Waals surface area contributed by atoms with Crippen LogP contribution in [0, 0.1) is 12.8 Å². The molecule has 0 aliphatic heterocycles. The van der Waals surface area contributed by atoms with E-state index in [1.165, 1.54) is 18.4 Å².